The van der Waals surface area contributed by atoms with Crippen LogP contribution in [-0.2, 0) is 0 Å². The Bertz CT molecular complexity index is 296. The van der Waals surface area contributed by atoms with Crippen LogP contribution in [0.3, 0.4) is 0 Å². The van der Waals surface area contributed by atoms with E-state index >= 15 is 0 Å². The van der Waals surface area contributed by atoms with E-state index in [4.69, 9.17) is 0 Å². The Morgan fingerprint density at radius 1 is 1.36 bits per heavy atom. The minimum atomic E-state index is -4.11. The van der Waals surface area contributed by atoms with Crippen LogP contribution in [-0.4, -0.2) is 17.7 Å². The molecule has 1 rings (SSSR count). The number of nitrogens with zero attached hydrogens (tertiary/aromatic N) is 1. The fraction of sp³-hybridized carbons (Fsp3) is 0.444. The van der Waals surface area contributed by atoms with Gasteiger partial charge in [0.15, 0.2) is 0 Å². The van der Waals surface area contributed by atoms with Crippen molar-refractivity contribution >= 4 is 5.82 Å². The Labute approximate surface area is 80.2 Å². The molecule has 0 radical (unpaired) electrons. The number of hydrogen-bond acceptors (Lipinski definition) is 2. The lowest BCUT2D eigenvalue weighted by molar-refractivity contribution is -0.131. The van der Waals surface area contributed by atoms with Gasteiger partial charge in [0.05, 0.1) is 6.42 Å². The van der Waals surface area contributed by atoms with Crippen LogP contribution in [0.15, 0.2) is 18.2 Å². The van der Waals surface area contributed by atoms with Gasteiger partial charge in [0.1, 0.15) is 5.82 Å². The second kappa shape index (κ2) is 4.30. The van der Waals surface area contributed by atoms with Gasteiger partial charge in [-0.2, -0.15) is 13.2 Å². The fourth-order valence-corrected chi connectivity index (χ4v) is 0.974. The SMILES string of the molecule is Cc1cccc(NCCC(F)(F)F)n1. The summed E-state index contributed by atoms with van der Waals surface area (Å²) in [6.45, 7) is 1.65. The normalized spacial score (nSPS) is 11.4. The van der Waals surface area contributed by atoms with Crippen molar-refractivity contribution in [2.45, 2.75) is 19.5 Å². The number of aromatic nitrogens is 1. The minimum absolute atomic E-state index is 0.139. The molecule has 0 atom stereocenters. The molecule has 0 saturated carbocycles. The van der Waals surface area contributed by atoms with Crippen molar-refractivity contribution in [3.8, 4) is 0 Å². The minimum Gasteiger partial charge on any atom is -0.370 e. The molecule has 78 valence electrons. The zero-order chi connectivity index (χ0) is 10.6. The van der Waals surface area contributed by atoms with E-state index < -0.39 is 12.6 Å². The van der Waals surface area contributed by atoms with Gasteiger partial charge in [0.25, 0.3) is 0 Å². The zero-order valence-corrected chi connectivity index (χ0v) is 7.73. The summed E-state index contributed by atoms with van der Waals surface area (Å²) in [5.74, 6) is 0.481. The average Bonchev–Trinajstić information content (AvgIpc) is 2.01. The molecule has 0 fully saturated rings. The first-order valence-corrected chi connectivity index (χ1v) is 4.22. The van der Waals surface area contributed by atoms with Crippen molar-refractivity contribution in [1.29, 1.82) is 0 Å². The van der Waals surface area contributed by atoms with E-state index in [0.717, 1.165) is 5.69 Å². The average molecular weight is 204 g/mol. The lowest BCUT2D eigenvalue weighted by Crippen LogP contribution is -2.15. The van der Waals surface area contributed by atoms with Gasteiger partial charge in [-0.3, -0.25) is 0 Å². The third-order valence-electron chi connectivity index (χ3n) is 1.60. The van der Waals surface area contributed by atoms with Crippen molar-refractivity contribution < 1.29 is 13.2 Å². The summed E-state index contributed by atoms with van der Waals surface area (Å²) in [5.41, 5.74) is 0.780. The van der Waals surface area contributed by atoms with Crippen LogP contribution < -0.4 is 5.32 Å². The third-order valence-corrected chi connectivity index (χ3v) is 1.60. The van der Waals surface area contributed by atoms with Crippen LogP contribution in [0.4, 0.5) is 19.0 Å². The van der Waals surface area contributed by atoms with Gasteiger partial charge in [-0.1, -0.05) is 6.07 Å². The largest absolute Gasteiger partial charge is 0.390 e. The van der Waals surface area contributed by atoms with Gasteiger partial charge in [-0.25, -0.2) is 4.98 Å². The van der Waals surface area contributed by atoms with Gasteiger partial charge < -0.3 is 5.32 Å². The number of nitrogens with one attached hydrogen (secondary N) is 1. The highest BCUT2D eigenvalue weighted by Gasteiger charge is 2.26. The van der Waals surface area contributed by atoms with Crippen LogP contribution in [0, 0.1) is 6.92 Å². The molecule has 14 heavy (non-hydrogen) atoms. The van der Waals surface area contributed by atoms with Crippen LogP contribution in [0.1, 0.15) is 12.1 Å². The Morgan fingerprint density at radius 2 is 2.07 bits per heavy atom. The highest BCUT2D eigenvalue weighted by atomic mass is 19.4. The number of pyridine rings is 1. The number of rotatable bonds is 3. The van der Waals surface area contributed by atoms with Crippen molar-refractivity contribution in [2.24, 2.45) is 0 Å². The molecular weight excluding hydrogens is 193 g/mol. The number of anilines is 1. The molecule has 0 saturated heterocycles. The Kier molecular flexibility index (Phi) is 3.33. The maximum absolute atomic E-state index is 11.8. The second-order valence-electron chi connectivity index (χ2n) is 2.96. The Morgan fingerprint density at radius 3 is 2.64 bits per heavy atom. The molecule has 0 aliphatic carbocycles. The topological polar surface area (TPSA) is 24.9 Å². The van der Waals surface area contributed by atoms with E-state index in [1.807, 2.05) is 0 Å². The Balaban J connectivity index is 2.39. The maximum Gasteiger partial charge on any atom is 0.390 e. The van der Waals surface area contributed by atoms with Gasteiger partial charge in [0.2, 0.25) is 0 Å². The summed E-state index contributed by atoms with van der Waals surface area (Å²) in [7, 11) is 0. The predicted octanol–water partition coefficient (Wildman–Crippen LogP) is 2.75. The standard InChI is InChI=1S/C9H11F3N2/c1-7-3-2-4-8(14-7)13-6-5-9(10,11)12/h2-4H,5-6H2,1H3,(H,13,14). The predicted molar refractivity (Wildman–Crippen MR) is 48.1 cm³/mol. The van der Waals surface area contributed by atoms with Crippen LogP contribution in [0.2, 0.25) is 0 Å². The summed E-state index contributed by atoms with van der Waals surface area (Å²) in [5, 5.41) is 2.61. The van der Waals surface area contributed by atoms with Crippen LogP contribution in [0.5, 0.6) is 0 Å². The first kappa shape index (κ1) is 10.8. The molecule has 0 aromatic carbocycles. The van der Waals surface area contributed by atoms with E-state index in [-0.39, 0.29) is 6.54 Å². The van der Waals surface area contributed by atoms with Gasteiger partial charge in [0, 0.05) is 12.2 Å². The lowest BCUT2D eigenvalue weighted by Gasteiger charge is -2.08. The number of hydrogen-bond donors (Lipinski definition) is 1. The number of alkyl halides is 3. The van der Waals surface area contributed by atoms with Gasteiger partial charge >= 0.3 is 6.18 Å². The fourth-order valence-electron chi connectivity index (χ4n) is 0.974. The molecular formula is C9H11F3N2. The Hall–Kier alpha value is -1.26. The summed E-state index contributed by atoms with van der Waals surface area (Å²) >= 11 is 0. The van der Waals surface area contributed by atoms with E-state index in [1.165, 1.54) is 0 Å². The quantitative estimate of drug-likeness (QED) is 0.818. The van der Waals surface area contributed by atoms with Crippen molar-refractivity contribution in [3.63, 3.8) is 0 Å². The molecule has 0 amide bonds. The molecule has 0 bridgehead atoms. The highest BCUT2D eigenvalue weighted by molar-refractivity contribution is 5.34. The molecule has 1 aromatic rings. The monoisotopic (exact) mass is 204 g/mol. The third kappa shape index (κ3) is 4.11. The molecule has 0 aliphatic heterocycles. The van der Waals surface area contributed by atoms with E-state index in [0.29, 0.717) is 5.82 Å². The van der Waals surface area contributed by atoms with Gasteiger partial charge in [-0.15, -0.1) is 0 Å². The van der Waals surface area contributed by atoms with E-state index in [2.05, 4.69) is 10.3 Å². The molecule has 1 heterocycles. The molecule has 0 aliphatic rings. The molecule has 1 N–H and O–H groups in total. The summed E-state index contributed by atoms with van der Waals surface area (Å²) in [6.07, 6.45) is -4.96. The van der Waals surface area contributed by atoms with Crippen LogP contribution >= 0.6 is 0 Å². The smallest absolute Gasteiger partial charge is 0.370 e. The molecule has 0 spiro atoms. The molecule has 5 heteroatoms. The molecule has 0 unspecified atom stereocenters. The lowest BCUT2D eigenvalue weighted by atomic mass is 10.3. The summed E-state index contributed by atoms with van der Waals surface area (Å²) in [4.78, 5) is 4.01. The summed E-state index contributed by atoms with van der Waals surface area (Å²) < 4.78 is 35.3. The maximum atomic E-state index is 11.8. The van der Waals surface area contributed by atoms with E-state index in [1.54, 1.807) is 25.1 Å². The molecule has 1 aromatic heterocycles. The van der Waals surface area contributed by atoms with Crippen molar-refractivity contribution in [1.82, 2.24) is 4.98 Å². The second-order valence-corrected chi connectivity index (χ2v) is 2.96. The summed E-state index contributed by atoms with van der Waals surface area (Å²) in [6, 6.07) is 5.18. The first-order chi connectivity index (χ1) is 6.47. The molecule has 2 nitrogen and oxygen atoms in total. The number of halogens is 3. The van der Waals surface area contributed by atoms with Gasteiger partial charge in [-0.05, 0) is 19.1 Å². The van der Waals surface area contributed by atoms with Crippen LogP contribution in [0.25, 0.3) is 0 Å². The zero-order valence-electron chi connectivity index (χ0n) is 7.73. The highest BCUT2D eigenvalue weighted by Crippen LogP contribution is 2.19. The van der Waals surface area contributed by atoms with E-state index in [9.17, 15) is 13.2 Å². The number of aryl methyl sites for hydroxylation is 1. The first-order valence-electron chi connectivity index (χ1n) is 4.22. The van der Waals surface area contributed by atoms with Crippen molar-refractivity contribution in [2.75, 3.05) is 11.9 Å². The van der Waals surface area contributed by atoms with Crippen molar-refractivity contribution in [3.05, 3.63) is 23.9 Å².